The zero-order valence-corrected chi connectivity index (χ0v) is 7.16. The molecule has 1 aliphatic heterocycles. The summed E-state index contributed by atoms with van der Waals surface area (Å²) in [6, 6.07) is 8.21. The van der Waals surface area contributed by atoms with Crippen molar-refractivity contribution in [3.05, 3.63) is 29.8 Å². The van der Waals surface area contributed by atoms with E-state index in [9.17, 15) is 0 Å². The fourth-order valence-electron chi connectivity index (χ4n) is 1.50. The lowest BCUT2D eigenvalue weighted by molar-refractivity contribution is 0.169. The van der Waals surface area contributed by atoms with Crippen molar-refractivity contribution in [2.24, 2.45) is 5.73 Å². The summed E-state index contributed by atoms with van der Waals surface area (Å²) in [5, 5.41) is 0. The van der Waals surface area contributed by atoms with Crippen molar-refractivity contribution in [3.8, 4) is 5.75 Å². The van der Waals surface area contributed by atoms with Crippen LogP contribution in [0.25, 0.3) is 0 Å². The van der Waals surface area contributed by atoms with Crippen LogP contribution >= 0.6 is 0 Å². The van der Waals surface area contributed by atoms with Gasteiger partial charge in [0.25, 0.3) is 0 Å². The van der Waals surface area contributed by atoms with Gasteiger partial charge in [-0.05, 0) is 25.0 Å². The molecule has 1 aromatic rings. The average Bonchev–Trinajstić information content (AvgIpc) is 2.07. The number of rotatable bonds is 0. The molecule has 12 heavy (non-hydrogen) atoms. The Bertz CT molecular complexity index is 256. The zero-order chi connectivity index (χ0) is 8.55. The van der Waals surface area contributed by atoms with E-state index >= 15 is 0 Å². The first-order chi connectivity index (χ1) is 5.77. The van der Waals surface area contributed by atoms with Crippen molar-refractivity contribution in [1.29, 1.82) is 0 Å². The summed E-state index contributed by atoms with van der Waals surface area (Å²) in [7, 11) is 0. The predicted octanol–water partition coefficient (Wildman–Crippen LogP) is 1.34. The number of hydrogen-bond donors (Lipinski definition) is 1. The second-order valence-electron chi connectivity index (χ2n) is 3.30. The molecule has 0 aliphatic carbocycles. The molecule has 1 heterocycles. The summed E-state index contributed by atoms with van der Waals surface area (Å²) in [6.45, 7) is 2.01. The molecule has 0 amide bonds. The standard InChI is InChI=1S/C10H13NO/c1-7-9(11)6-8-4-2-3-5-10(8)12-7/h2-5,7,9H,6,11H2,1H3/t7-,9-/m1/s1. The van der Waals surface area contributed by atoms with Crippen LogP contribution in [-0.4, -0.2) is 12.1 Å². The first kappa shape index (κ1) is 7.62. The van der Waals surface area contributed by atoms with E-state index in [2.05, 4.69) is 6.07 Å². The van der Waals surface area contributed by atoms with Crippen molar-refractivity contribution < 1.29 is 4.74 Å². The summed E-state index contributed by atoms with van der Waals surface area (Å²) < 4.78 is 5.62. The summed E-state index contributed by atoms with van der Waals surface area (Å²) in [5.41, 5.74) is 7.09. The highest BCUT2D eigenvalue weighted by atomic mass is 16.5. The van der Waals surface area contributed by atoms with Gasteiger partial charge in [-0.2, -0.15) is 0 Å². The second-order valence-corrected chi connectivity index (χ2v) is 3.30. The summed E-state index contributed by atoms with van der Waals surface area (Å²) in [4.78, 5) is 0. The number of nitrogens with two attached hydrogens (primary N) is 1. The average molecular weight is 163 g/mol. The van der Waals surface area contributed by atoms with E-state index < -0.39 is 0 Å². The fourth-order valence-corrected chi connectivity index (χ4v) is 1.50. The first-order valence-electron chi connectivity index (χ1n) is 4.27. The van der Waals surface area contributed by atoms with Crippen LogP contribution in [0.2, 0.25) is 0 Å². The summed E-state index contributed by atoms with van der Waals surface area (Å²) in [6.07, 6.45) is 1.07. The van der Waals surface area contributed by atoms with Gasteiger partial charge in [-0.15, -0.1) is 0 Å². The third kappa shape index (κ3) is 1.18. The van der Waals surface area contributed by atoms with E-state index in [1.165, 1.54) is 5.56 Å². The molecule has 0 saturated heterocycles. The van der Waals surface area contributed by atoms with Gasteiger partial charge >= 0.3 is 0 Å². The summed E-state index contributed by atoms with van der Waals surface area (Å²) in [5.74, 6) is 0.992. The molecule has 0 saturated carbocycles. The molecular formula is C10H13NO. The van der Waals surface area contributed by atoms with Gasteiger partial charge in [-0.25, -0.2) is 0 Å². The van der Waals surface area contributed by atoms with Crippen molar-refractivity contribution in [2.75, 3.05) is 0 Å². The van der Waals surface area contributed by atoms with Crippen LogP contribution in [0.15, 0.2) is 24.3 Å². The molecular weight excluding hydrogens is 150 g/mol. The molecule has 2 N–H and O–H groups in total. The molecule has 2 rings (SSSR count). The maximum atomic E-state index is 5.87. The molecule has 1 aliphatic rings. The topological polar surface area (TPSA) is 35.2 Å². The zero-order valence-electron chi connectivity index (χ0n) is 7.16. The van der Waals surface area contributed by atoms with Crippen LogP contribution in [0, 0.1) is 0 Å². The molecule has 0 radical (unpaired) electrons. The summed E-state index contributed by atoms with van der Waals surface area (Å²) >= 11 is 0. The predicted molar refractivity (Wildman–Crippen MR) is 48.2 cm³/mol. The molecule has 2 nitrogen and oxygen atoms in total. The Kier molecular flexibility index (Phi) is 1.77. The smallest absolute Gasteiger partial charge is 0.123 e. The molecule has 0 aromatic heterocycles. The molecule has 2 heteroatoms. The minimum Gasteiger partial charge on any atom is -0.489 e. The van der Waals surface area contributed by atoms with Crippen molar-refractivity contribution in [1.82, 2.24) is 0 Å². The van der Waals surface area contributed by atoms with E-state index in [4.69, 9.17) is 10.5 Å². The Labute approximate surface area is 72.3 Å². The lowest BCUT2D eigenvalue weighted by Gasteiger charge is -2.28. The van der Waals surface area contributed by atoms with Gasteiger partial charge in [-0.3, -0.25) is 0 Å². The Morgan fingerprint density at radius 2 is 2.17 bits per heavy atom. The molecule has 1 aromatic carbocycles. The lowest BCUT2D eigenvalue weighted by atomic mass is 9.99. The van der Waals surface area contributed by atoms with Crippen LogP contribution in [0.1, 0.15) is 12.5 Å². The van der Waals surface area contributed by atoms with E-state index in [-0.39, 0.29) is 12.1 Å². The van der Waals surface area contributed by atoms with Gasteiger partial charge in [0.1, 0.15) is 11.9 Å². The highest BCUT2D eigenvalue weighted by molar-refractivity contribution is 5.36. The van der Waals surface area contributed by atoms with Crippen LogP contribution in [-0.2, 0) is 6.42 Å². The van der Waals surface area contributed by atoms with Crippen molar-refractivity contribution in [2.45, 2.75) is 25.5 Å². The SMILES string of the molecule is C[C@H]1Oc2ccccc2C[C@H]1N. The fraction of sp³-hybridized carbons (Fsp3) is 0.400. The van der Waals surface area contributed by atoms with Crippen LogP contribution < -0.4 is 10.5 Å². The maximum Gasteiger partial charge on any atom is 0.123 e. The third-order valence-corrected chi connectivity index (χ3v) is 2.34. The Morgan fingerprint density at radius 3 is 3.00 bits per heavy atom. The van der Waals surface area contributed by atoms with E-state index in [1.54, 1.807) is 0 Å². The third-order valence-electron chi connectivity index (χ3n) is 2.34. The van der Waals surface area contributed by atoms with Crippen LogP contribution in [0.5, 0.6) is 5.75 Å². The van der Waals surface area contributed by atoms with E-state index in [0.717, 1.165) is 12.2 Å². The monoisotopic (exact) mass is 163 g/mol. The normalized spacial score (nSPS) is 27.5. The highest BCUT2D eigenvalue weighted by Crippen LogP contribution is 2.26. The maximum absolute atomic E-state index is 5.87. The number of benzene rings is 1. The Morgan fingerprint density at radius 1 is 1.42 bits per heavy atom. The molecule has 0 bridgehead atoms. The van der Waals surface area contributed by atoms with E-state index in [0.29, 0.717) is 0 Å². The molecule has 64 valence electrons. The minimum absolute atomic E-state index is 0.139. The first-order valence-corrected chi connectivity index (χ1v) is 4.27. The van der Waals surface area contributed by atoms with Crippen LogP contribution in [0.3, 0.4) is 0 Å². The van der Waals surface area contributed by atoms with Crippen molar-refractivity contribution in [3.63, 3.8) is 0 Å². The minimum atomic E-state index is 0.139. The largest absolute Gasteiger partial charge is 0.489 e. The van der Waals surface area contributed by atoms with Crippen molar-refractivity contribution >= 4 is 0 Å². The van der Waals surface area contributed by atoms with Gasteiger partial charge < -0.3 is 10.5 Å². The number of fused-ring (bicyclic) bond motifs is 1. The molecule has 0 spiro atoms. The van der Waals surface area contributed by atoms with Gasteiger partial charge in [0, 0.05) is 6.04 Å². The molecule has 2 atom stereocenters. The number of hydrogen-bond acceptors (Lipinski definition) is 2. The van der Waals surface area contributed by atoms with Crippen LogP contribution in [0.4, 0.5) is 0 Å². The Hall–Kier alpha value is -1.02. The number of para-hydroxylation sites is 1. The highest BCUT2D eigenvalue weighted by Gasteiger charge is 2.22. The van der Waals surface area contributed by atoms with Gasteiger partial charge in [0.15, 0.2) is 0 Å². The number of ether oxygens (including phenoxy) is 1. The van der Waals surface area contributed by atoms with Gasteiger partial charge in [-0.1, -0.05) is 18.2 Å². The Balaban J connectivity index is 2.34. The molecule has 0 unspecified atom stereocenters. The molecule has 0 fully saturated rings. The quantitative estimate of drug-likeness (QED) is 0.626. The van der Waals surface area contributed by atoms with E-state index in [1.807, 2.05) is 25.1 Å². The van der Waals surface area contributed by atoms with Gasteiger partial charge in [0.05, 0.1) is 0 Å². The van der Waals surface area contributed by atoms with Gasteiger partial charge in [0.2, 0.25) is 0 Å². The second kappa shape index (κ2) is 2.79. The lowest BCUT2D eigenvalue weighted by Crippen LogP contribution is -2.41.